The molecule has 3 nitrogen and oxygen atoms in total. The van der Waals surface area contributed by atoms with Crippen molar-refractivity contribution in [2.24, 2.45) is 0 Å². The molecule has 0 bridgehead atoms. The Morgan fingerprint density at radius 1 is 1.12 bits per heavy atom. The topological polar surface area (TPSA) is 48.5 Å². The second kappa shape index (κ2) is 10.4. The summed E-state index contributed by atoms with van der Waals surface area (Å²) in [6.07, 6.45) is 0. The van der Waals surface area contributed by atoms with Crippen LogP contribution in [0.3, 0.4) is 0 Å². The van der Waals surface area contributed by atoms with E-state index in [-0.39, 0.29) is 21.4 Å². The van der Waals surface area contributed by atoms with Gasteiger partial charge >= 0.3 is 50.5 Å². The van der Waals surface area contributed by atoms with Gasteiger partial charge in [0.1, 0.15) is 0 Å². The van der Waals surface area contributed by atoms with Gasteiger partial charge in [0.2, 0.25) is 0 Å². The second-order valence-corrected chi connectivity index (χ2v) is 1.87. The van der Waals surface area contributed by atoms with Crippen LogP contribution in [0, 0.1) is 0 Å². The van der Waals surface area contributed by atoms with E-state index < -0.39 is 0 Å². The van der Waals surface area contributed by atoms with Crippen LogP contribution in [0.15, 0.2) is 0 Å². The van der Waals surface area contributed by atoms with Crippen LogP contribution in [0.4, 0.5) is 0 Å². The van der Waals surface area contributed by atoms with Crippen molar-refractivity contribution >= 4 is 15.9 Å². The van der Waals surface area contributed by atoms with Gasteiger partial charge in [0.25, 0.3) is 0 Å². The standard InChI is InChI=1S/2C2H5O.Al.H2O/c2*1-2-3;;/h2*2H2,1H3;;1H2/q2*-1;+3;/p-1. The average molecular weight is 134 g/mol. The van der Waals surface area contributed by atoms with E-state index in [1.54, 1.807) is 0 Å². The first-order valence-electron chi connectivity index (χ1n) is 2.46. The van der Waals surface area contributed by atoms with Gasteiger partial charge in [-0.05, 0) is 0 Å². The van der Waals surface area contributed by atoms with Crippen molar-refractivity contribution in [2.45, 2.75) is 13.8 Å². The average Bonchev–Trinajstić information content (AvgIpc) is 1.69. The molecule has 0 unspecified atom stereocenters. The van der Waals surface area contributed by atoms with Crippen LogP contribution in [-0.2, 0) is 7.58 Å². The third kappa shape index (κ3) is 9.65. The summed E-state index contributed by atoms with van der Waals surface area (Å²) in [6.45, 7) is 5.47. The maximum Gasteiger partial charge on any atom is -0.870 e. The molecule has 48 valence electrons. The monoisotopic (exact) mass is 134 g/mol. The molecule has 0 heterocycles. The molecule has 0 aliphatic carbocycles. The van der Waals surface area contributed by atoms with E-state index in [4.69, 9.17) is 7.58 Å². The molecule has 0 atom stereocenters. The molecule has 0 aliphatic heterocycles. The first kappa shape index (κ1) is 11.2. The maximum atomic E-state index is 4.94. The SMILES string of the molecule is CC[O][Al+][O]CC.[OH-]. The molecule has 0 rings (SSSR count). The predicted molar refractivity (Wildman–Crippen MR) is 30.9 cm³/mol. The van der Waals surface area contributed by atoms with Crippen molar-refractivity contribution < 1.29 is 13.1 Å². The summed E-state index contributed by atoms with van der Waals surface area (Å²) in [5.74, 6) is 0. The quantitative estimate of drug-likeness (QED) is 0.413. The molecule has 0 aliphatic rings. The van der Waals surface area contributed by atoms with E-state index in [1.165, 1.54) is 0 Å². The van der Waals surface area contributed by atoms with Crippen LogP contribution in [0.5, 0.6) is 0 Å². The zero-order chi connectivity index (χ0) is 5.54. The second-order valence-electron chi connectivity index (χ2n) is 1.01. The van der Waals surface area contributed by atoms with Gasteiger partial charge in [-0.2, -0.15) is 0 Å². The van der Waals surface area contributed by atoms with Crippen molar-refractivity contribution in [2.75, 3.05) is 13.2 Å². The van der Waals surface area contributed by atoms with E-state index in [0.29, 0.717) is 0 Å². The van der Waals surface area contributed by atoms with Crippen molar-refractivity contribution in [3.05, 3.63) is 0 Å². The Balaban J connectivity index is 0. The Morgan fingerprint density at radius 2 is 1.50 bits per heavy atom. The molecule has 0 aromatic rings. The third-order valence-electron chi connectivity index (χ3n) is 0.469. The van der Waals surface area contributed by atoms with Gasteiger partial charge < -0.3 is 5.48 Å². The van der Waals surface area contributed by atoms with E-state index in [2.05, 4.69) is 0 Å². The summed E-state index contributed by atoms with van der Waals surface area (Å²) >= 11 is -0.178. The fourth-order valence-corrected chi connectivity index (χ4v) is 0.553. The maximum absolute atomic E-state index is 4.94. The van der Waals surface area contributed by atoms with Gasteiger partial charge in [-0.3, -0.25) is 0 Å². The van der Waals surface area contributed by atoms with Gasteiger partial charge in [0.05, 0.1) is 0 Å². The van der Waals surface area contributed by atoms with Crippen molar-refractivity contribution in [1.29, 1.82) is 0 Å². The van der Waals surface area contributed by atoms with Crippen LogP contribution >= 0.6 is 0 Å². The Kier molecular flexibility index (Phi) is 14.6. The van der Waals surface area contributed by atoms with E-state index >= 15 is 0 Å². The molecule has 0 saturated carbocycles. The first-order valence-corrected chi connectivity index (χ1v) is 3.41. The molecule has 8 heavy (non-hydrogen) atoms. The van der Waals surface area contributed by atoms with Crippen LogP contribution < -0.4 is 0 Å². The minimum Gasteiger partial charge on any atom is -0.870 e. The fraction of sp³-hybridized carbons (Fsp3) is 1.00. The van der Waals surface area contributed by atoms with Crippen molar-refractivity contribution in [1.82, 2.24) is 0 Å². The van der Waals surface area contributed by atoms with Gasteiger partial charge in [0.15, 0.2) is 0 Å². The van der Waals surface area contributed by atoms with Crippen LogP contribution in [-0.4, -0.2) is 34.6 Å². The predicted octanol–water partition coefficient (Wildman–Crippen LogP) is 0.417. The van der Waals surface area contributed by atoms with Crippen LogP contribution in [0.25, 0.3) is 0 Å². The molecule has 4 heteroatoms. The molecule has 0 aromatic carbocycles. The summed E-state index contributed by atoms with van der Waals surface area (Å²) in [6, 6.07) is 0. The number of rotatable bonds is 4. The fourth-order valence-electron chi connectivity index (χ4n) is 0.184. The Labute approximate surface area is 56.7 Å². The number of hydrogen-bond donors (Lipinski definition) is 0. The van der Waals surface area contributed by atoms with Gasteiger partial charge in [-0.15, -0.1) is 0 Å². The van der Waals surface area contributed by atoms with Crippen LogP contribution in [0.1, 0.15) is 13.8 Å². The molecule has 1 N–H and O–H groups in total. The Morgan fingerprint density at radius 3 is 1.75 bits per heavy atom. The van der Waals surface area contributed by atoms with Gasteiger partial charge in [-0.1, -0.05) is 0 Å². The molecule has 0 fully saturated rings. The smallest absolute Gasteiger partial charge is 0.870 e. The van der Waals surface area contributed by atoms with Gasteiger partial charge in [0, 0.05) is 0 Å². The summed E-state index contributed by atoms with van der Waals surface area (Å²) in [4.78, 5) is 0. The number of hydrogen-bond acceptors (Lipinski definition) is 3. The zero-order valence-corrected chi connectivity index (χ0v) is 6.41. The van der Waals surface area contributed by atoms with Crippen molar-refractivity contribution in [3.63, 3.8) is 0 Å². The molecule has 0 amide bonds. The minimum absolute atomic E-state index is 0. The van der Waals surface area contributed by atoms with Gasteiger partial charge in [-0.25, -0.2) is 0 Å². The Hall–Kier alpha value is 0.412. The summed E-state index contributed by atoms with van der Waals surface area (Å²) < 4.78 is 9.87. The third-order valence-corrected chi connectivity index (χ3v) is 1.41. The molecule has 0 aromatic heterocycles. The zero-order valence-electron chi connectivity index (χ0n) is 5.26. The molecular formula is C4H11AlO3. The molecular weight excluding hydrogens is 123 g/mol. The summed E-state index contributed by atoms with van der Waals surface area (Å²) in [5.41, 5.74) is 0. The minimum atomic E-state index is -0.178. The van der Waals surface area contributed by atoms with E-state index in [9.17, 15) is 0 Å². The largest absolute Gasteiger partial charge is 0.870 e. The Bertz CT molecular complexity index is 30.5. The van der Waals surface area contributed by atoms with Crippen molar-refractivity contribution in [3.8, 4) is 0 Å². The molecule has 0 spiro atoms. The van der Waals surface area contributed by atoms with E-state index in [1.807, 2.05) is 13.8 Å². The molecule has 0 saturated heterocycles. The summed E-state index contributed by atoms with van der Waals surface area (Å²) in [7, 11) is 0. The van der Waals surface area contributed by atoms with Crippen LogP contribution in [0.2, 0.25) is 0 Å². The molecule has 0 radical (unpaired) electrons. The normalized spacial score (nSPS) is 7.25. The summed E-state index contributed by atoms with van der Waals surface area (Å²) in [5, 5.41) is 0. The first-order chi connectivity index (χ1) is 3.41. The van der Waals surface area contributed by atoms with E-state index in [0.717, 1.165) is 13.2 Å².